The van der Waals surface area contributed by atoms with Crippen LogP contribution < -0.4 is 15.4 Å². The lowest BCUT2D eigenvalue weighted by molar-refractivity contribution is -0.120. The van der Waals surface area contributed by atoms with Gasteiger partial charge in [0.15, 0.2) is 0 Å². The fourth-order valence-corrected chi connectivity index (χ4v) is 3.61. The van der Waals surface area contributed by atoms with Gasteiger partial charge in [-0.05, 0) is 44.0 Å². The van der Waals surface area contributed by atoms with Gasteiger partial charge >= 0.3 is 0 Å². The molecule has 1 heterocycles. The molecule has 1 aliphatic heterocycles. The van der Waals surface area contributed by atoms with E-state index >= 15 is 0 Å². The highest BCUT2D eigenvalue weighted by atomic mass is 35.5. The number of carbonyl (C=O) groups is 1. The van der Waals surface area contributed by atoms with E-state index in [-0.39, 0.29) is 31.3 Å². The van der Waals surface area contributed by atoms with Gasteiger partial charge in [-0.25, -0.2) is 17.5 Å². The Morgan fingerprint density at radius 3 is 2.71 bits per heavy atom. The molecule has 0 aromatic heterocycles. The van der Waals surface area contributed by atoms with Crippen LogP contribution in [0.4, 0.5) is 4.39 Å². The molecule has 1 atom stereocenters. The van der Waals surface area contributed by atoms with Gasteiger partial charge in [0, 0.05) is 19.5 Å². The highest BCUT2D eigenvalue weighted by molar-refractivity contribution is 7.89. The van der Waals surface area contributed by atoms with E-state index in [0.717, 1.165) is 32.0 Å². The number of nitrogens with one attached hydrogen (secondary N) is 3. The number of halogens is 2. The zero-order chi connectivity index (χ0) is 16.7. The van der Waals surface area contributed by atoms with E-state index in [2.05, 4.69) is 15.4 Å². The standard InChI is InChI=1S/C15H22FN3O3S.ClH/c16-13-3-1-2-4-14(13)23(21,22)19-10-7-15(20)18-9-6-12-5-8-17-11-12;/h1-4,12,17,19H,5-11H2,(H,18,20);1H. The highest BCUT2D eigenvalue weighted by Crippen LogP contribution is 2.13. The van der Waals surface area contributed by atoms with E-state index in [1.807, 2.05) is 0 Å². The van der Waals surface area contributed by atoms with Gasteiger partial charge in [-0.3, -0.25) is 4.79 Å². The summed E-state index contributed by atoms with van der Waals surface area (Å²) in [5.41, 5.74) is 0. The van der Waals surface area contributed by atoms with E-state index in [0.29, 0.717) is 12.5 Å². The Morgan fingerprint density at radius 2 is 2.04 bits per heavy atom. The Labute approximate surface area is 148 Å². The van der Waals surface area contributed by atoms with Crippen molar-refractivity contribution in [3.8, 4) is 0 Å². The molecule has 1 fully saturated rings. The van der Waals surface area contributed by atoms with Crippen LogP contribution in [0.25, 0.3) is 0 Å². The summed E-state index contributed by atoms with van der Waals surface area (Å²) in [6.07, 6.45) is 2.06. The van der Waals surface area contributed by atoms with Gasteiger partial charge in [0.25, 0.3) is 0 Å². The molecule has 3 N–H and O–H groups in total. The molecule has 0 aliphatic carbocycles. The molecular weight excluding hydrogens is 357 g/mol. The molecule has 1 aromatic rings. The minimum Gasteiger partial charge on any atom is -0.356 e. The van der Waals surface area contributed by atoms with Gasteiger partial charge in [0.05, 0.1) is 0 Å². The van der Waals surface area contributed by atoms with Crippen LogP contribution in [-0.4, -0.2) is 40.5 Å². The summed E-state index contributed by atoms with van der Waals surface area (Å²) in [5.74, 6) is -0.434. The summed E-state index contributed by atoms with van der Waals surface area (Å²) < 4.78 is 39.6. The van der Waals surface area contributed by atoms with E-state index < -0.39 is 20.7 Å². The fourth-order valence-electron chi connectivity index (χ4n) is 2.50. The van der Waals surface area contributed by atoms with E-state index in [1.165, 1.54) is 18.2 Å². The van der Waals surface area contributed by atoms with Crippen molar-refractivity contribution < 1.29 is 17.6 Å². The maximum atomic E-state index is 13.5. The molecule has 24 heavy (non-hydrogen) atoms. The van der Waals surface area contributed by atoms with Crippen LogP contribution in [0, 0.1) is 11.7 Å². The monoisotopic (exact) mass is 379 g/mol. The smallest absolute Gasteiger partial charge is 0.243 e. The second kappa shape index (κ2) is 9.93. The van der Waals surface area contributed by atoms with Crippen molar-refractivity contribution in [2.24, 2.45) is 5.92 Å². The van der Waals surface area contributed by atoms with E-state index in [4.69, 9.17) is 0 Å². The summed E-state index contributed by atoms with van der Waals surface area (Å²) in [6.45, 7) is 2.54. The van der Waals surface area contributed by atoms with Gasteiger partial charge in [-0.1, -0.05) is 12.1 Å². The Kier molecular flexibility index (Phi) is 8.61. The predicted octanol–water partition coefficient (Wildman–Crippen LogP) is 1.03. The van der Waals surface area contributed by atoms with Gasteiger partial charge in [0.1, 0.15) is 10.7 Å². The third-order valence-corrected chi connectivity index (χ3v) is 5.30. The van der Waals surface area contributed by atoms with E-state index in [1.54, 1.807) is 0 Å². The van der Waals surface area contributed by atoms with Crippen molar-refractivity contribution in [1.82, 2.24) is 15.4 Å². The van der Waals surface area contributed by atoms with Crippen molar-refractivity contribution in [2.75, 3.05) is 26.2 Å². The van der Waals surface area contributed by atoms with Crippen LogP contribution in [0.2, 0.25) is 0 Å². The first-order chi connectivity index (χ1) is 11.0. The number of amides is 1. The summed E-state index contributed by atoms with van der Waals surface area (Å²) in [5, 5.41) is 6.03. The Hall–Kier alpha value is -1.22. The molecule has 1 saturated heterocycles. The first-order valence-corrected chi connectivity index (χ1v) is 9.19. The Bertz CT molecular complexity index is 637. The number of benzene rings is 1. The largest absolute Gasteiger partial charge is 0.356 e. The van der Waals surface area contributed by atoms with Gasteiger partial charge < -0.3 is 10.6 Å². The SMILES string of the molecule is Cl.O=C(CCNS(=O)(=O)c1ccccc1F)NCCC1CCNC1. The third kappa shape index (κ3) is 6.35. The van der Waals surface area contributed by atoms with Crippen LogP contribution in [0.3, 0.4) is 0 Å². The molecule has 1 aromatic carbocycles. The second-order valence-electron chi connectivity index (χ2n) is 5.58. The minimum absolute atomic E-state index is 0. The number of hydrogen-bond donors (Lipinski definition) is 3. The molecule has 1 unspecified atom stereocenters. The lowest BCUT2D eigenvalue weighted by Gasteiger charge is -2.10. The first kappa shape index (κ1) is 20.8. The van der Waals surface area contributed by atoms with Gasteiger partial charge in [0.2, 0.25) is 15.9 Å². The normalized spacial score (nSPS) is 17.3. The van der Waals surface area contributed by atoms with Gasteiger partial charge in [-0.15, -0.1) is 12.4 Å². The van der Waals surface area contributed by atoms with Crippen LogP contribution in [0.5, 0.6) is 0 Å². The van der Waals surface area contributed by atoms with Crippen molar-refractivity contribution in [3.63, 3.8) is 0 Å². The number of carbonyl (C=O) groups excluding carboxylic acids is 1. The molecule has 136 valence electrons. The number of sulfonamides is 1. The average Bonchev–Trinajstić information content (AvgIpc) is 3.00. The molecular formula is C15H23ClFN3O3S. The quantitative estimate of drug-likeness (QED) is 0.629. The highest BCUT2D eigenvalue weighted by Gasteiger charge is 2.18. The zero-order valence-electron chi connectivity index (χ0n) is 13.3. The summed E-state index contributed by atoms with van der Waals surface area (Å²) in [6, 6.07) is 5.14. The molecule has 1 aliphatic rings. The lowest BCUT2D eigenvalue weighted by atomic mass is 10.1. The van der Waals surface area contributed by atoms with Crippen LogP contribution in [0.15, 0.2) is 29.2 Å². The summed E-state index contributed by atoms with van der Waals surface area (Å²) in [4.78, 5) is 11.3. The van der Waals surface area contributed by atoms with Crippen LogP contribution in [0.1, 0.15) is 19.3 Å². The molecule has 0 radical (unpaired) electrons. The van der Waals surface area contributed by atoms with Crippen molar-refractivity contribution in [3.05, 3.63) is 30.1 Å². The molecule has 2 rings (SSSR count). The maximum Gasteiger partial charge on any atom is 0.243 e. The molecule has 0 bridgehead atoms. The maximum absolute atomic E-state index is 13.5. The second-order valence-corrected chi connectivity index (χ2v) is 7.31. The fraction of sp³-hybridized carbons (Fsp3) is 0.533. The molecule has 0 saturated carbocycles. The minimum atomic E-state index is -3.93. The third-order valence-electron chi connectivity index (χ3n) is 3.81. The topological polar surface area (TPSA) is 87.3 Å². The molecule has 6 nitrogen and oxygen atoms in total. The van der Waals surface area contributed by atoms with Crippen molar-refractivity contribution in [2.45, 2.75) is 24.2 Å². The van der Waals surface area contributed by atoms with Crippen LogP contribution >= 0.6 is 12.4 Å². The zero-order valence-corrected chi connectivity index (χ0v) is 14.9. The van der Waals surface area contributed by atoms with Crippen LogP contribution in [-0.2, 0) is 14.8 Å². The van der Waals surface area contributed by atoms with Crippen molar-refractivity contribution >= 4 is 28.3 Å². The molecule has 0 spiro atoms. The molecule has 1 amide bonds. The summed E-state index contributed by atoms with van der Waals surface area (Å²) >= 11 is 0. The predicted molar refractivity (Wildman–Crippen MR) is 92.1 cm³/mol. The van der Waals surface area contributed by atoms with E-state index in [9.17, 15) is 17.6 Å². The van der Waals surface area contributed by atoms with Gasteiger partial charge in [-0.2, -0.15) is 0 Å². The lowest BCUT2D eigenvalue weighted by Crippen LogP contribution is -2.32. The van der Waals surface area contributed by atoms with Crippen molar-refractivity contribution in [1.29, 1.82) is 0 Å². The first-order valence-electron chi connectivity index (χ1n) is 7.70. The molecule has 9 heteroatoms. The Balaban J connectivity index is 0.00000288. The number of hydrogen-bond acceptors (Lipinski definition) is 4. The Morgan fingerprint density at radius 1 is 1.29 bits per heavy atom. The summed E-state index contributed by atoms with van der Waals surface area (Å²) in [7, 11) is -3.93. The average molecular weight is 380 g/mol. The number of rotatable bonds is 8.